The van der Waals surface area contributed by atoms with Gasteiger partial charge in [0.1, 0.15) is 5.82 Å². The quantitative estimate of drug-likeness (QED) is 0.908. The van der Waals surface area contributed by atoms with Crippen LogP contribution in [-0.2, 0) is 5.54 Å². The van der Waals surface area contributed by atoms with Crippen LogP contribution in [0.5, 0.6) is 0 Å². The van der Waals surface area contributed by atoms with E-state index in [1.807, 2.05) is 13.0 Å². The first-order valence-electron chi connectivity index (χ1n) is 7.39. The third-order valence-electron chi connectivity index (χ3n) is 4.21. The molecule has 0 amide bonds. The minimum absolute atomic E-state index is 0.111. The van der Waals surface area contributed by atoms with Crippen LogP contribution in [0, 0.1) is 12.7 Å². The predicted octanol–water partition coefficient (Wildman–Crippen LogP) is 3.46. The van der Waals surface area contributed by atoms with Gasteiger partial charge < -0.3 is 10.2 Å². The average molecular weight is 284 g/mol. The number of aryl methyl sites for hydroxylation is 1. The molecule has 1 atom stereocenters. The number of rotatable bonds is 2. The molecule has 0 saturated carbocycles. The second kappa shape index (κ2) is 5.49. The van der Waals surface area contributed by atoms with Crippen molar-refractivity contribution in [1.29, 1.82) is 0 Å². The van der Waals surface area contributed by atoms with E-state index in [0.29, 0.717) is 0 Å². The lowest BCUT2D eigenvalue weighted by molar-refractivity contribution is 0.332. The van der Waals surface area contributed by atoms with Crippen molar-refractivity contribution in [3.05, 3.63) is 65.5 Å². The van der Waals surface area contributed by atoms with Gasteiger partial charge in [-0.3, -0.25) is 0 Å². The number of hydrogen-bond acceptors (Lipinski definition) is 2. The molecule has 3 rings (SSSR count). The Hall–Kier alpha value is -1.87. The van der Waals surface area contributed by atoms with Crippen LogP contribution in [0.3, 0.4) is 0 Å². The Balaban J connectivity index is 1.89. The number of piperazine rings is 1. The van der Waals surface area contributed by atoms with E-state index >= 15 is 0 Å². The van der Waals surface area contributed by atoms with Gasteiger partial charge in [0.15, 0.2) is 0 Å². The SMILES string of the molecule is Cc1cc(F)cc(N2CCNC(C)(c3ccccc3)C2)c1. The van der Waals surface area contributed by atoms with Gasteiger partial charge in [-0.05, 0) is 43.2 Å². The normalized spacial score (nSPS) is 22.3. The van der Waals surface area contributed by atoms with Crippen LogP contribution >= 0.6 is 0 Å². The molecular weight excluding hydrogens is 263 g/mol. The van der Waals surface area contributed by atoms with E-state index in [1.54, 1.807) is 12.1 Å². The lowest BCUT2D eigenvalue weighted by Crippen LogP contribution is -2.56. The summed E-state index contributed by atoms with van der Waals surface area (Å²) in [4.78, 5) is 2.26. The van der Waals surface area contributed by atoms with Gasteiger partial charge >= 0.3 is 0 Å². The Morgan fingerprint density at radius 2 is 1.90 bits per heavy atom. The molecular formula is C18H21FN2. The second-order valence-corrected chi connectivity index (χ2v) is 6.03. The number of anilines is 1. The van der Waals surface area contributed by atoms with E-state index in [1.165, 1.54) is 5.56 Å². The standard InChI is InChI=1S/C18H21FN2/c1-14-10-16(19)12-17(11-14)21-9-8-20-18(2,13-21)15-6-4-3-5-7-15/h3-7,10-12,20H,8-9,13H2,1-2H3. The van der Waals surface area contributed by atoms with Gasteiger partial charge in [0.25, 0.3) is 0 Å². The van der Waals surface area contributed by atoms with E-state index < -0.39 is 0 Å². The van der Waals surface area contributed by atoms with Crippen LogP contribution in [0.1, 0.15) is 18.1 Å². The molecule has 110 valence electrons. The molecule has 3 heteroatoms. The second-order valence-electron chi connectivity index (χ2n) is 6.03. The Bertz CT molecular complexity index is 606. The number of nitrogens with one attached hydrogen (secondary N) is 1. The average Bonchev–Trinajstić information content (AvgIpc) is 2.47. The molecule has 0 aliphatic carbocycles. The van der Waals surface area contributed by atoms with Crippen molar-refractivity contribution in [3.63, 3.8) is 0 Å². The van der Waals surface area contributed by atoms with Gasteiger partial charge in [-0.15, -0.1) is 0 Å². The Kier molecular flexibility index (Phi) is 3.68. The minimum Gasteiger partial charge on any atom is -0.368 e. The largest absolute Gasteiger partial charge is 0.368 e. The zero-order valence-electron chi connectivity index (χ0n) is 12.6. The molecule has 1 unspecified atom stereocenters. The molecule has 0 aromatic heterocycles. The van der Waals surface area contributed by atoms with Crippen LogP contribution in [-0.4, -0.2) is 19.6 Å². The van der Waals surface area contributed by atoms with Crippen molar-refractivity contribution < 1.29 is 4.39 Å². The smallest absolute Gasteiger partial charge is 0.125 e. The van der Waals surface area contributed by atoms with E-state index in [4.69, 9.17) is 0 Å². The third kappa shape index (κ3) is 2.93. The fourth-order valence-electron chi connectivity index (χ4n) is 3.10. The summed E-state index contributed by atoms with van der Waals surface area (Å²) in [5, 5.41) is 3.61. The fraction of sp³-hybridized carbons (Fsp3) is 0.333. The lowest BCUT2D eigenvalue weighted by atomic mass is 9.89. The highest BCUT2D eigenvalue weighted by molar-refractivity contribution is 5.50. The molecule has 1 N–H and O–H groups in total. The number of nitrogens with zero attached hydrogens (tertiary/aromatic N) is 1. The maximum Gasteiger partial charge on any atom is 0.125 e. The van der Waals surface area contributed by atoms with Crippen LogP contribution in [0.4, 0.5) is 10.1 Å². The Morgan fingerprint density at radius 3 is 2.62 bits per heavy atom. The molecule has 1 saturated heterocycles. The zero-order chi connectivity index (χ0) is 14.9. The molecule has 0 radical (unpaired) electrons. The van der Waals surface area contributed by atoms with Crippen molar-refractivity contribution in [2.24, 2.45) is 0 Å². The van der Waals surface area contributed by atoms with Crippen molar-refractivity contribution in [2.45, 2.75) is 19.4 Å². The van der Waals surface area contributed by atoms with Gasteiger partial charge in [-0.1, -0.05) is 30.3 Å². The lowest BCUT2D eigenvalue weighted by Gasteiger charge is -2.43. The van der Waals surface area contributed by atoms with Gasteiger partial charge in [0.05, 0.1) is 5.54 Å². The maximum atomic E-state index is 13.7. The molecule has 0 spiro atoms. The molecule has 0 bridgehead atoms. The van der Waals surface area contributed by atoms with Crippen molar-refractivity contribution in [1.82, 2.24) is 5.32 Å². The predicted molar refractivity (Wildman–Crippen MR) is 85.1 cm³/mol. The zero-order valence-corrected chi connectivity index (χ0v) is 12.6. The van der Waals surface area contributed by atoms with Gasteiger partial charge in [-0.2, -0.15) is 0 Å². The summed E-state index contributed by atoms with van der Waals surface area (Å²) in [6, 6.07) is 15.7. The van der Waals surface area contributed by atoms with E-state index in [9.17, 15) is 4.39 Å². The summed E-state index contributed by atoms with van der Waals surface area (Å²) in [6.07, 6.45) is 0. The van der Waals surface area contributed by atoms with Crippen LogP contribution in [0.15, 0.2) is 48.5 Å². The molecule has 2 aromatic carbocycles. The van der Waals surface area contributed by atoms with Crippen molar-refractivity contribution >= 4 is 5.69 Å². The number of hydrogen-bond donors (Lipinski definition) is 1. The van der Waals surface area contributed by atoms with E-state index in [0.717, 1.165) is 30.9 Å². The van der Waals surface area contributed by atoms with Gasteiger partial charge in [-0.25, -0.2) is 4.39 Å². The summed E-state index contributed by atoms with van der Waals surface area (Å²) < 4.78 is 13.7. The summed E-state index contributed by atoms with van der Waals surface area (Å²) in [5.41, 5.74) is 3.09. The molecule has 1 fully saturated rings. The molecule has 2 nitrogen and oxygen atoms in total. The van der Waals surface area contributed by atoms with Gasteiger partial charge in [0.2, 0.25) is 0 Å². The monoisotopic (exact) mass is 284 g/mol. The highest BCUT2D eigenvalue weighted by atomic mass is 19.1. The summed E-state index contributed by atoms with van der Waals surface area (Å²) in [5.74, 6) is -0.162. The number of halogens is 1. The Labute approximate surface area is 125 Å². The minimum atomic E-state index is -0.162. The first-order valence-corrected chi connectivity index (χ1v) is 7.39. The van der Waals surface area contributed by atoms with Crippen molar-refractivity contribution in [2.75, 3.05) is 24.5 Å². The maximum absolute atomic E-state index is 13.7. The third-order valence-corrected chi connectivity index (χ3v) is 4.21. The van der Waals surface area contributed by atoms with Crippen molar-refractivity contribution in [3.8, 4) is 0 Å². The molecule has 1 aliphatic heterocycles. The molecule has 21 heavy (non-hydrogen) atoms. The summed E-state index contributed by atoms with van der Waals surface area (Å²) in [6.45, 7) is 6.76. The van der Waals surface area contributed by atoms with Crippen LogP contribution < -0.4 is 10.2 Å². The first kappa shape index (κ1) is 14.1. The Morgan fingerprint density at radius 1 is 1.14 bits per heavy atom. The highest BCUT2D eigenvalue weighted by Gasteiger charge is 2.32. The van der Waals surface area contributed by atoms with Gasteiger partial charge in [0, 0.05) is 25.3 Å². The topological polar surface area (TPSA) is 15.3 Å². The van der Waals surface area contributed by atoms with Crippen LogP contribution in [0.25, 0.3) is 0 Å². The highest BCUT2D eigenvalue weighted by Crippen LogP contribution is 2.28. The summed E-state index contributed by atoms with van der Waals surface area (Å²) in [7, 11) is 0. The number of benzene rings is 2. The van der Waals surface area contributed by atoms with E-state index in [-0.39, 0.29) is 11.4 Å². The summed E-state index contributed by atoms with van der Waals surface area (Å²) >= 11 is 0. The molecule has 1 heterocycles. The fourth-order valence-corrected chi connectivity index (χ4v) is 3.10. The van der Waals surface area contributed by atoms with E-state index in [2.05, 4.69) is 47.5 Å². The molecule has 1 aliphatic rings. The molecule has 2 aromatic rings. The van der Waals surface area contributed by atoms with Crippen LogP contribution in [0.2, 0.25) is 0 Å². The first-order chi connectivity index (χ1) is 10.1.